The van der Waals surface area contributed by atoms with Crippen molar-refractivity contribution in [3.05, 3.63) is 42.0 Å². The van der Waals surface area contributed by atoms with Crippen molar-refractivity contribution in [3.8, 4) is 0 Å². The molecule has 0 aliphatic carbocycles. The molecule has 18 heavy (non-hydrogen) atoms. The molecule has 0 heterocycles. The van der Waals surface area contributed by atoms with Crippen molar-refractivity contribution in [2.45, 2.75) is 12.8 Å². The fourth-order valence-corrected chi connectivity index (χ4v) is 2.08. The van der Waals surface area contributed by atoms with Crippen molar-refractivity contribution in [2.24, 2.45) is 0 Å². The van der Waals surface area contributed by atoms with Gasteiger partial charge < -0.3 is 4.90 Å². The number of anilines is 1. The average molecular weight is 259 g/mol. The van der Waals surface area contributed by atoms with Gasteiger partial charge in [-0.15, -0.1) is 12.6 Å². The molecule has 0 fully saturated rings. The summed E-state index contributed by atoms with van der Waals surface area (Å²) < 4.78 is 0. The first-order chi connectivity index (χ1) is 8.56. The molecule has 0 unspecified atom stereocenters. The van der Waals surface area contributed by atoms with Crippen molar-refractivity contribution in [3.63, 3.8) is 0 Å². The van der Waals surface area contributed by atoms with Crippen LogP contribution in [0.2, 0.25) is 0 Å². The van der Waals surface area contributed by atoms with Gasteiger partial charge in [-0.2, -0.15) is 0 Å². The molecule has 2 nitrogen and oxygen atoms in total. The first kappa shape index (κ1) is 13.0. The summed E-state index contributed by atoms with van der Waals surface area (Å²) in [4.78, 5) is 12.9. The van der Waals surface area contributed by atoms with Crippen LogP contribution >= 0.6 is 12.6 Å². The highest BCUT2D eigenvalue weighted by Crippen LogP contribution is 2.22. The van der Waals surface area contributed by atoms with Crippen molar-refractivity contribution in [1.82, 2.24) is 0 Å². The van der Waals surface area contributed by atoms with E-state index >= 15 is 0 Å². The predicted octanol–water partition coefficient (Wildman–Crippen LogP) is 3.29. The number of carbonyl (C=O) groups is 1. The molecule has 0 saturated heterocycles. The van der Waals surface area contributed by atoms with Gasteiger partial charge in [0.15, 0.2) is 5.12 Å². The second kappa shape index (κ2) is 5.44. The van der Waals surface area contributed by atoms with Gasteiger partial charge in [0.1, 0.15) is 0 Å². The summed E-state index contributed by atoms with van der Waals surface area (Å²) in [6, 6.07) is 12.7. The zero-order valence-corrected chi connectivity index (χ0v) is 11.6. The van der Waals surface area contributed by atoms with Crippen molar-refractivity contribution in [2.75, 3.05) is 19.0 Å². The van der Waals surface area contributed by atoms with Gasteiger partial charge in [-0.05, 0) is 34.9 Å². The molecule has 2 aromatic carbocycles. The summed E-state index contributed by atoms with van der Waals surface area (Å²) in [5.74, 6) is 0. The molecule has 2 aromatic rings. The van der Waals surface area contributed by atoms with E-state index in [2.05, 4.69) is 53.9 Å². The van der Waals surface area contributed by atoms with Gasteiger partial charge in [0.05, 0.1) is 0 Å². The Balaban J connectivity index is 2.29. The van der Waals surface area contributed by atoms with Crippen LogP contribution < -0.4 is 4.90 Å². The highest BCUT2D eigenvalue weighted by atomic mass is 32.1. The van der Waals surface area contributed by atoms with Crippen LogP contribution in [0.1, 0.15) is 12.0 Å². The first-order valence-corrected chi connectivity index (χ1v) is 6.43. The van der Waals surface area contributed by atoms with E-state index in [0.717, 1.165) is 6.42 Å². The molecule has 0 aliphatic rings. The Morgan fingerprint density at radius 2 is 1.78 bits per heavy atom. The maximum absolute atomic E-state index is 10.9. The molecule has 0 aliphatic heterocycles. The van der Waals surface area contributed by atoms with E-state index in [4.69, 9.17) is 0 Å². The van der Waals surface area contributed by atoms with Crippen molar-refractivity contribution < 1.29 is 4.79 Å². The number of hydrogen-bond donors (Lipinski definition) is 1. The number of fused-ring (bicyclic) bond motifs is 1. The highest BCUT2D eigenvalue weighted by Gasteiger charge is 2.01. The zero-order valence-electron chi connectivity index (χ0n) is 10.7. The molecular weight excluding hydrogens is 242 g/mol. The molecular formula is C15H17NOS. The molecule has 0 atom stereocenters. The van der Waals surface area contributed by atoms with E-state index < -0.39 is 0 Å². The summed E-state index contributed by atoms with van der Waals surface area (Å²) in [7, 11) is 4.07. The molecule has 94 valence electrons. The normalized spacial score (nSPS) is 10.6. The standard InChI is InChI=1S/C15H17NOS/c1-16(2)14-7-6-12-9-11(4-8-15(17)18)3-5-13(12)10-14/h3,5-7,9-10H,4,8H2,1-2H3,(H,17,18). The van der Waals surface area contributed by atoms with E-state index in [-0.39, 0.29) is 5.12 Å². The number of thiol groups is 1. The maximum Gasteiger partial charge on any atom is 0.186 e. The van der Waals surface area contributed by atoms with Crippen molar-refractivity contribution in [1.29, 1.82) is 0 Å². The largest absolute Gasteiger partial charge is 0.378 e. The van der Waals surface area contributed by atoms with Crippen LogP contribution in [0, 0.1) is 0 Å². The van der Waals surface area contributed by atoms with Crippen LogP contribution in [0.15, 0.2) is 36.4 Å². The van der Waals surface area contributed by atoms with Gasteiger partial charge in [-0.1, -0.05) is 24.3 Å². The van der Waals surface area contributed by atoms with E-state index in [1.807, 2.05) is 14.1 Å². The molecule has 0 amide bonds. The highest BCUT2D eigenvalue weighted by molar-refractivity contribution is 7.96. The van der Waals surface area contributed by atoms with Gasteiger partial charge in [0, 0.05) is 26.2 Å². The number of benzene rings is 2. The molecule has 0 radical (unpaired) electrons. The third kappa shape index (κ3) is 3.05. The van der Waals surface area contributed by atoms with Gasteiger partial charge in [0.25, 0.3) is 0 Å². The first-order valence-electron chi connectivity index (χ1n) is 5.98. The Hall–Kier alpha value is -1.48. The molecule has 3 heteroatoms. The summed E-state index contributed by atoms with van der Waals surface area (Å²) >= 11 is 3.79. The third-order valence-corrected chi connectivity index (χ3v) is 3.26. The Bertz CT molecular complexity index is 578. The van der Waals surface area contributed by atoms with Gasteiger partial charge in [-0.25, -0.2) is 0 Å². The van der Waals surface area contributed by atoms with Crippen LogP contribution in [-0.4, -0.2) is 19.2 Å². The fraction of sp³-hybridized carbons (Fsp3) is 0.267. The lowest BCUT2D eigenvalue weighted by Crippen LogP contribution is -2.08. The second-order valence-electron chi connectivity index (χ2n) is 4.65. The van der Waals surface area contributed by atoms with E-state index in [0.29, 0.717) is 6.42 Å². The minimum atomic E-state index is -0.0574. The molecule has 0 saturated carbocycles. The Morgan fingerprint density at radius 3 is 2.44 bits per heavy atom. The maximum atomic E-state index is 10.9. The molecule has 0 spiro atoms. The average Bonchev–Trinajstić information content (AvgIpc) is 2.35. The summed E-state index contributed by atoms with van der Waals surface area (Å²) in [5, 5.41) is 2.38. The Morgan fingerprint density at radius 1 is 1.11 bits per heavy atom. The fourth-order valence-electron chi connectivity index (χ4n) is 1.97. The monoisotopic (exact) mass is 259 g/mol. The summed E-state index contributed by atoms with van der Waals surface area (Å²) in [6.07, 6.45) is 1.25. The van der Waals surface area contributed by atoms with Crippen LogP contribution in [-0.2, 0) is 11.2 Å². The van der Waals surface area contributed by atoms with Gasteiger partial charge in [0.2, 0.25) is 0 Å². The number of rotatable bonds is 4. The second-order valence-corrected chi connectivity index (χ2v) is 5.15. The lowest BCUT2D eigenvalue weighted by molar-refractivity contribution is -0.110. The van der Waals surface area contributed by atoms with Gasteiger partial charge in [-0.3, -0.25) is 4.79 Å². The number of nitrogens with zero attached hydrogens (tertiary/aromatic N) is 1. The zero-order chi connectivity index (χ0) is 13.1. The molecule has 0 N–H and O–H groups in total. The van der Waals surface area contributed by atoms with Gasteiger partial charge >= 0.3 is 0 Å². The number of carbonyl (C=O) groups excluding carboxylic acids is 1. The van der Waals surface area contributed by atoms with E-state index in [9.17, 15) is 4.79 Å². The van der Waals surface area contributed by atoms with Crippen LogP contribution in [0.5, 0.6) is 0 Å². The number of hydrogen-bond acceptors (Lipinski definition) is 2. The smallest absolute Gasteiger partial charge is 0.186 e. The Kier molecular flexibility index (Phi) is 3.92. The topological polar surface area (TPSA) is 20.3 Å². The summed E-state index contributed by atoms with van der Waals surface area (Å²) in [6.45, 7) is 0. The molecule has 0 aromatic heterocycles. The SMILES string of the molecule is CN(C)c1ccc2cc(CCC(=O)S)ccc2c1. The van der Waals surface area contributed by atoms with E-state index in [1.165, 1.54) is 22.0 Å². The van der Waals surface area contributed by atoms with E-state index in [1.54, 1.807) is 0 Å². The minimum Gasteiger partial charge on any atom is -0.378 e. The quantitative estimate of drug-likeness (QED) is 0.850. The van der Waals surface area contributed by atoms with Crippen LogP contribution in [0.3, 0.4) is 0 Å². The van der Waals surface area contributed by atoms with Crippen LogP contribution in [0.25, 0.3) is 10.8 Å². The number of aryl methyl sites for hydroxylation is 1. The third-order valence-electron chi connectivity index (χ3n) is 3.03. The predicted molar refractivity (Wildman–Crippen MR) is 80.6 cm³/mol. The minimum absolute atomic E-state index is 0.0574. The lowest BCUT2D eigenvalue weighted by atomic mass is 10.0. The molecule has 0 bridgehead atoms. The van der Waals surface area contributed by atoms with Crippen molar-refractivity contribution >= 4 is 34.2 Å². The molecule has 2 rings (SSSR count). The Labute approximate surface area is 113 Å². The summed E-state index contributed by atoms with van der Waals surface area (Å²) in [5.41, 5.74) is 2.38. The lowest BCUT2D eigenvalue weighted by Gasteiger charge is -2.13. The van der Waals surface area contributed by atoms with Crippen LogP contribution in [0.4, 0.5) is 5.69 Å².